The van der Waals surface area contributed by atoms with Crippen LogP contribution in [0.25, 0.3) is 0 Å². The van der Waals surface area contributed by atoms with E-state index in [0.29, 0.717) is 13.0 Å². The first-order valence-corrected chi connectivity index (χ1v) is 22.3. The van der Waals surface area contributed by atoms with Gasteiger partial charge in [0.05, 0.1) is 19.8 Å². The van der Waals surface area contributed by atoms with E-state index in [9.17, 15) is 25.2 Å². The van der Waals surface area contributed by atoms with Crippen molar-refractivity contribution in [3.8, 4) is 0 Å². The Morgan fingerprint density at radius 3 is 1.53 bits per heavy atom. The van der Waals surface area contributed by atoms with Crippen molar-refractivity contribution in [2.45, 2.75) is 237 Å². The van der Waals surface area contributed by atoms with Crippen LogP contribution in [-0.4, -0.2) is 89.6 Å². The molecule has 0 aliphatic carbocycles. The summed E-state index contributed by atoms with van der Waals surface area (Å²) in [6, 6.07) is 0. The van der Waals surface area contributed by atoms with Crippen molar-refractivity contribution in [2.24, 2.45) is 0 Å². The van der Waals surface area contributed by atoms with Crippen LogP contribution in [0.4, 0.5) is 0 Å². The summed E-state index contributed by atoms with van der Waals surface area (Å²) in [6.45, 7) is 4.57. The third-order valence-corrected chi connectivity index (χ3v) is 10.4. The van der Waals surface area contributed by atoms with Gasteiger partial charge in [0.25, 0.3) is 0 Å². The Morgan fingerprint density at radius 1 is 0.585 bits per heavy atom. The van der Waals surface area contributed by atoms with E-state index in [2.05, 4.69) is 26.0 Å². The number of hydrogen-bond acceptors (Lipinski definition) is 9. The second-order valence-electron chi connectivity index (χ2n) is 15.5. The second-order valence-corrected chi connectivity index (χ2v) is 15.5. The predicted molar refractivity (Wildman–Crippen MR) is 215 cm³/mol. The Labute approximate surface area is 325 Å². The summed E-state index contributed by atoms with van der Waals surface area (Å²) >= 11 is 0. The van der Waals surface area contributed by atoms with Gasteiger partial charge in [-0.1, -0.05) is 167 Å². The fraction of sp³-hybridized carbons (Fsp3) is 0.932. The Kier molecular flexibility index (Phi) is 34.5. The van der Waals surface area contributed by atoms with E-state index in [1.165, 1.54) is 148 Å². The number of carbonyl (C=O) groups is 1. The highest BCUT2D eigenvalue weighted by Crippen LogP contribution is 2.22. The minimum Gasteiger partial charge on any atom is -0.457 e. The van der Waals surface area contributed by atoms with Crippen LogP contribution >= 0.6 is 0 Å². The van der Waals surface area contributed by atoms with Gasteiger partial charge >= 0.3 is 5.97 Å². The van der Waals surface area contributed by atoms with Crippen LogP contribution in [0.15, 0.2) is 12.2 Å². The zero-order valence-electron chi connectivity index (χ0n) is 34.3. The van der Waals surface area contributed by atoms with E-state index in [1.807, 2.05) is 0 Å². The quantitative estimate of drug-likeness (QED) is 0.0276. The van der Waals surface area contributed by atoms with Gasteiger partial charge in [0, 0.05) is 13.0 Å². The molecule has 314 valence electrons. The number of carbonyl (C=O) groups excluding carboxylic acids is 1. The summed E-state index contributed by atoms with van der Waals surface area (Å²) < 4.78 is 22.8. The number of ether oxygens (including phenoxy) is 4. The smallest absolute Gasteiger partial charge is 0.306 e. The molecular formula is C44H84O9. The van der Waals surface area contributed by atoms with Crippen LogP contribution in [0.1, 0.15) is 200 Å². The number of aliphatic hydroxyl groups excluding tert-OH is 4. The van der Waals surface area contributed by atoms with Crippen molar-refractivity contribution in [1.82, 2.24) is 0 Å². The van der Waals surface area contributed by atoms with Crippen LogP contribution in [0.2, 0.25) is 0 Å². The van der Waals surface area contributed by atoms with Crippen LogP contribution < -0.4 is 0 Å². The molecule has 9 nitrogen and oxygen atoms in total. The molecule has 1 saturated heterocycles. The monoisotopic (exact) mass is 757 g/mol. The number of aliphatic hydroxyl groups is 4. The molecule has 0 saturated carbocycles. The highest BCUT2D eigenvalue weighted by atomic mass is 16.7. The Balaban J connectivity index is 2.25. The zero-order chi connectivity index (χ0) is 38.6. The SMILES string of the molecule is CCCCCCCC/C=C\CCCCCCCCCCOCC(COC1OC(CO)C(O)C(O)C1O)OC(=O)CCCCCCCCCCCCCC. The minimum atomic E-state index is -1.53. The summed E-state index contributed by atoms with van der Waals surface area (Å²) in [5.74, 6) is -0.313. The molecule has 0 aromatic heterocycles. The van der Waals surface area contributed by atoms with Crippen LogP contribution in [0.3, 0.4) is 0 Å². The number of allylic oxidation sites excluding steroid dienone is 2. The molecule has 9 heteroatoms. The van der Waals surface area contributed by atoms with Crippen molar-refractivity contribution in [3.05, 3.63) is 12.2 Å². The van der Waals surface area contributed by atoms with Crippen LogP contribution in [-0.2, 0) is 23.7 Å². The summed E-state index contributed by atoms with van der Waals surface area (Å²) in [6.07, 6.45) is 32.3. The zero-order valence-corrected chi connectivity index (χ0v) is 34.3. The molecule has 1 aliphatic rings. The molecule has 1 heterocycles. The van der Waals surface area contributed by atoms with Gasteiger partial charge < -0.3 is 39.4 Å². The van der Waals surface area contributed by atoms with E-state index in [4.69, 9.17) is 18.9 Å². The van der Waals surface area contributed by atoms with E-state index in [1.54, 1.807) is 0 Å². The van der Waals surface area contributed by atoms with Gasteiger partial charge in [0.1, 0.15) is 30.5 Å². The maximum Gasteiger partial charge on any atom is 0.306 e. The standard InChI is InChI=1S/C44H84O9/c1-3-5-7-9-11-13-15-17-18-19-20-21-22-24-26-28-30-32-34-50-36-38(37-51-44-43(49)42(48)41(47)39(35-45)53-44)52-40(46)33-31-29-27-25-23-16-14-12-10-8-6-4-2/h17-18,38-39,41-45,47-49H,3-16,19-37H2,1-2H3/b18-17-. The molecule has 0 spiro atoms. The van der Waals surface area contributed by atoms with Crippen molar-refractivity contribution in [2.75, 3.05) is 26.4 Å². The first kappa shape index (κ1) is 49.9. The summed E-state index contributed by atoms with van der Waals surface area (Å²) in [5, 5.41) is 40.1. The minimum absolute atomic E-state index is 0.109. The molecular weight excluding hydrogens is 672 g/mol. The number of rotatable bonds is 38. The molecule has 0 aromatic carbocycles. The van der Waals surface area contributed by atoms with Crippen molar-refractivity contribution < 1.29 is 44.2 Å². The number of esters is 1. The first-order valence-electron chi connectivity index (χ1n) is 22.3. The molecule has 6 atom stereocenters. The lowest BCUT2D eigenvalue weighted by Crippen LogP contribution is -2.59. The molecule has 0 bridgehead atoms. The summed E-state index contributed by atoms with van der Waals surface area (Å²) in [7, 11) is 0. The molecule has 0 radical (unpaired) electrons. The third kappa shape index (κ3) is 28.1. The highest BCUT2D eigenvalue weighted by molar-refractivity contribution is 5.69. The van der Waals surface area contributed by atoms with Crippen molar-refractivity contribution in [3.63, 3.8) is 0 Å². The summed E-state index contributed by atoms with van der Waals surface area (Å²) in [4.78, 5) is 12.7. The second kappa shape index (κ2) is 36.6. The Bertz CT molecular complexity index is 823. The lowest BCUT2D eigenvalue weighted by atomic mass is 9.99. The third-order valence-electron chi connectivity index (χ3n) is 10.4. The van der Waals surface area contributed by atoms with Gasteiger partial charge in [0.15, 0.2) is 6.29 Å². The van der Waals surface area contributed by atoms with E-state index in [-0.39, 0.29) is 19.2 Å². The molecule has 1 aliphatic heterocycles. The molecule has 4 N–H and O–H groups in total. The van der Waals surface area contributed by atoms with Crippen molar-refractivity contribution >= 4 is 5.97 Å². The molecule has 53 heavy (non-hydrogen) atoms. The predicted octanol–water partition coefficient (Wildman–Crippen LogP) is 9.64. The summed E-state index contributed by atoms with van der Waals surface area (Å²) in [5.41, 5.74) is 0. The lowest BCUT2D eigenvalue weighted by molar-refractivity contribution is -0.305. The van der Waals surface area contributed by atoms with Crippen LogP contribution in [0, 0.1) is 0 Å². The molecule has 6 unspecified atom stereocenters. The maximum atomic E-state index is 12.7. The van der Waals surface area contributed by atoms with Gasteiger partial charge in [-0.2, -0.15) is 0 Å². The molecule has 1 fully saturated rings. The molecule has 0 aromatic rings. The van der Waals surface area contributed by atoms with Gasteiger partial charge in [-0.05, 0) is 38.5 Å². The normalized spacial score (nSPS) is 21.1. The fourth-order valence-electron chi connectivity index (χ4n) is 6.90. The topological polar surface area (TPSA) is 135 Å². The first-order chi connectivity index (χ1) is 25.9. The Morgan fingerprint density at radius 2 is 1.04 bits per heavy atom. The van der Waals surface area contributed by atoms with Crippen molar-refractivity contribution in [1.29, 1.82) is 0 Å². The lowest BCUT2D eigenvalue weighted by Gasteiger charge is -2.39. The van der Waals surface area contributed by atoms with E-state index in [0.717, 1.165) is 32.1 Å². The van der Waals surface area contributed by atoms with Gasteiger partial charge in [0.2, 0.25) is 0 Å². The highest BCUT2D eigenvalue weighted by Gasteiger charge is 2.44. The molecule has 1 rings (SSSR count). The fourth-order valence-corrected chi connectivity index (χ4v) is 6.90. The van der Waals surface area contributed by atoms with Gasteiger partial charge in [-0.3, -0.25) is 4.79 Å². The van der Waals surface area contributed by atoms with Crippen LogP contribution in [0.5, 0.6) is 0 Å². The molecule has 0 amide bonds. The number of unbranched alkanes of at least 4 members (excludes halogenated alkanes) is 25. The average molecular weight is 757 g/mol. The van der Waals surface area contributed by atoms with Gasteiger partial charge in [-0.25, -0.2) is 0 Å². The average Bonchev–Trinajstić information content (AvgIpc) is 3.16. The largest absolute Gasteiger partial charge is 0.457 e. The van der Waals surface area contributed by atoms with E-state index < -0.39 is 43.4 Å². The number of hydrogen-bond donors (Lipinski definition) is 4. The van der Waals surface area contributed by atoms with Gasteiger partial charge in [-0.15, -0.1) is 0 Å². The maximum absolute atomic E-state index is 12.7. The van der Waals surface area contributed by atoms with E-state index >= 15 is 0 Å². The Hall–Kier alpha value is -1.07.